The number of phenolic OH excluding ortho intramolecular Hbond substituents is 1. The molecule has 1 aromatic rings. The third-order valence-electron chi connectivity index (χ3n) is 3.38. The highest BCUT2D eigenvalue weighted by atomic mass is 16.5. The van der Waals surface area contributed by atoms with E-state index in [-0.39, 0.29) is 17.8 Å². The van der Waals surface area contributed by atoms with Crippen LogP contribution in [0.1, 0.15) is 32.1 Å². The first-order valence-electron chi connectivity index (χ1n) is 6.63. The molecular formula is C14H20N2O3. The average molecular weight is 264 g/mol. The highest BCUT2D eigenvalue weighted by Gasteiger charge is 2.15. The zero-order chi connectivity index (χ0) is 13.7. The van der Waals surface area contributed by atoms with Crippen LogP contribution in [-0.2, 0) is 0 Å². The van der Waals surface area contributed by atoms with Crippen molar-refractivity contribution in [2.24, 2.45) is 0 Å². The molecule has 19 heavy (non-hydrogen) atoms. The molecule has 0 radical (unpaired) electrons. The number of urea groups is 1. The standard InChI is InChI=1S/C14H20N2O3/c1-19-13-8-7-11(9-12(13)17)16-14(18)15-10-5-3-2-4-6-10/h7-10,17H,2-6H2,1H3,(H2,15,16,18). The van der Waals surface area contributed by atoms with Crippen molar-refractivity contribution in [3.05, 3.63) is 18.2 Å². The van der Waals surface area contributed by atoms with Crippen LogP contribution >= 0.6 is 0 Å². The number of aromatic hydroxyl groups is 1. The van der Waals surface area contributed by atoms with Gasteiger partial charge in [0, 0.05) is 17.8 Å². The molecule has 0 aliphatic heterocycles. The fraction of sp³-hybridized carbons (Fsp3) is 0.500. The van der Waals surface area contributed by atoms with Crippen molar-refractivity contribution < 1.29 is 14.6 Å². The Labute approximate surface area is 113 Å². The Morgan fingerprint density at radius 2 is 2.05 bits per heavy atom. The minimum atomic E-state index is -0.225. The van der Waals surface area contributed by atoms with Crippen molar-refractivity contribution in [1.29, 1.82) is 0 Å². The third kappa shape index (κ3) is 3.77. The monoisotopic (exact) mass is 264 g/mol. The van der Waals surface area contributed by atoms with Gasteiger partial charge >= 0.3 is 6.03 Å². The largest absolute Gasteiger partial charge is 0.504 e. The number of methoxy groups -OCH3 is 1. The minimum Gasteiger partial charge on any atom is -0.504 e. The van der Waals surface area contributed by atoms with Crippen molar-refractivity contribution in [2.75, 3.05) is 12.4 Å². The number of benzene rings is 1. The lowest BCUT2D eigenvalue weighted by atomic mass is 9.96. The van der Waals surface area contributed by atoms with Gasteiger partial charge < -0.3 is 20.5 Å². The molecular weight excluding hydrogens is 244 g/mol. The maximum absolute atomic E-state index is 11.8. The van der Waals surface area contributed by atoms with Gasteiger partial charge in [-0.05, 0) is 25.0 Å². The second kappa shape index (κ2) is 6.31. The summed E-state index contributed by atoms with van der Waals surface area (Å²) in [4.78, 5) is 11.8. The highest BCUT2D eigenvalue weighted by Crippen LogP contribution is 2.28. The molecule has 5 nitrogen and oxygen atoms in total. The summed E-state index contributed by atoms with van der Waals surface area (Å²) < 4.78 is 4.95. The maximum Gasteiger partial charge on any atom is 0.319 e. The van der Waals surface area contributed by atoms with E-state index >= 15 is 0 Å². The molecule has 2 rings (SSSR count). The summed E-state index contributed by atoms with van der Waals surface area (Å²) in [5.41, 5.74) is 0.548. The van der Waals surface area contributed by atoms with E-state index in [1.807, 2.05) is 0 Å². The zero-order valence-electron chi connectivity index (χ0n) is 11.1. The molecule has 0 saturated heterocycles. The Hall–Kier alpha value is -1.91. The van der Waals surface area contributed by atoms with Crippen molar-refractivity contribution in [3.63, 3.8) is 0 Å². The van der Waals surface area contributed by atoms with Gasteiger partial charge in [0.2, 0.25) is 0 Å². The number of phenols is 1. The van der Waals surface area contributed by atoms with Crippen molar-refractivity contribution in [3.8, 4) is 11.5 Å². The van der Waals surface area contributed by atoms with Gasteiger partial charge in [-0.2, -0.15) is 0 Å². The van der Waals surface area contributed by atoms with E-state index in [1.54, 1.807) is 12.1 Å². The number of hydrogen-bond acceptors (Lipinski definition) is 3. The van der Waals surface area contributed by atoms with Crippen LogP contribution in [0, 0.1) is 0 Å². The SMILES string of the molecule is COc1ccc(NC(=O)NC2CCCCC2)cc1O. The number of carbonyl (C=O) groups excluding carboxylic acids is 1. The van der Waals surface area contributed by atoms with Crippen molar-refractivity contribution in [1.82, 2.24) is 5.32 Å². The van der Waals surface area contributed by atoms with Crippen LogP contribution in [0.2, 0.25) is 0 Å². The molecule has 2 amide bonds. The molecule has 1 aliphatic rings. The lowest BCUT2D eigenvalue weighted by Crippen LogP contribution is -2.38. The summed E-state index contributed by atoms with van der Waals surface area (Å²) in [5.74, 6) is 0.399. The van der Waals surface area contributed by atoms with Gasteiger partial charge in [-0.3, -0.25) is 0 Å². The van der Waals surface area contributed by atoms with E-state index in [0.29, 0.717) is 11.4 Å². The first kappa shape index (κ1) is 13.5. The van der Waals surface area contributed by atoms with E-state index in [0.717, 1.165) is 12.8 Å². The Kier molecular flexibility index (Phi) is 4.49. The molecule has 1 saturated carbocycles. The maximum atomic E-state index is 11.8. The van der Waals surface area contributed by atoms with Crippen molar-refractivity contribution in [2.45, 2.75) is 38.1 Å². The first-order chi connectivity index (χ1) is 9.19. The van der Waals surface area contributed by atoms with Crippen LogP contribution < -0.4 is 15.4 Å². The molecule has 0 aromatic heterocycles. The summed E-state index contributed by atoms with van der Waals surface area (Å²) in [6.07, 6.45) is 5.69. The average Bonchev–Trinajstić information content (AvgIpc) is 2.40. The molecule has 0 spiro atoms. The van der Waals surface area contributed by atoms with E-state index in [2.05, 4.69) is 10.6 Å². The molecule has 0 bridgehead atoms. The van der Waals surface area contributed by atoms with E-state index in [4.69, 9.17) is 4.74 Å². The summed E-state index contributed by atoms with van der Waals surface area (Å²) in [6, 6.07) is 4.82. The lowest BCUT2D eigenvalue weighted by Gasteiger charge is -2.22. The number of rotatable bonds is 3. The number of carbonyl (C=O) groups is 1. The van der Waals surface area contributed by atoms with Crippen LogP contribution in [-0.4, -0.2) is 24.3 Å². The molecule has 1 aromatic carbocycles. The quantitative estimate of drug-likeness (QED) is 0.786. The minimum absolute atomic E-state index is 0.0120. The Balaban J connectivity index is 1.89. The van der Waals surface area contributed by atoms with Gasteiger partial charge in [-0.25, -0.2) is 4.79 Å². The first-order valence-corrected chi connectivity index (χ1v) is 6.63. The van der Waals surface area contributed by atoms with E-state index in [9.17, 15) is 9.90 Å². The predicted octanol–water partition coefficient (Wildman–Crippen LogP) is 2.86. The Morgan fingerprint density at radius 3 is 2.68 bits per heavy atom. The van der Waals surface area contributed by atoms with Crippen LogP contribution in [0.3, 0.4) is 0 Å². The van der Waals surface area contributed by atoms with Gasteiger partial charge in [-0.1, -0.05) is 19.3 Å². The van der Waals surface area contributed by atoms with Crippen LogP contribution in [0.4, 0.5) is 10.5 Å². The number of amides is 2. The van der Waals surface area contributed by atoms with E-state index in [1.165, 1.54) is 32.4 Å². The Bertz CT molecular complexity index is 442. The molecule has 1 aliphatic carbocycles. The van der Waals surface area contributed by atoms with Gasteiger partial charge in [0.1, 0.15) is 0 Å². The molecule has 5 heteroatoms. The zero-order valence-corrected chi connectivity index (χ0v) is 11.1. The van der Waals surface area contributed by atoms with Crippen LogP contribution in [0.5, 0.6) is 11.5 Å². The molecule has 1 fully saturated rings. The Morgan fingerprint density at radius 1 is 1.32 bits per heavy atom. The van der Waals surface area contributed by atoms with Crippen LogP contribution in [0.15, 0.2) is 18.2 Å². The van der Waals surface area contributed by atoms with Gasteiger partial charge in [0.25, 0.3) is 0 Å². The van der Waals surface area contributed by atoms with Crippen LogP contribution in [0.25, 0.3) is 0 Å². The topological polar surface area (TPSA) is 70.6 Å². The summed E-state index contributed by atoms with van der Waals surface area (Å²) in [5, 5.41) is 15.3. The number of ether oxygens (including phenoxy) is 1. The molecule has 0 atom stereocenters. The smallest absolute Gasteiger partial charge is 0.319 e. The highest BCUT2D eigenvalue weighted by molar-refractivity contribution is 5.89. The molecule has 0 unspecified atom stereocenters. The van der Waals surface area contributed by atoms with Crippen molar-refractivity contribution >= 4 is 11.7 Å². The fourth-order valence-electron chi connectivity index (χ4n) is 2.37. The predicted molar refractivity (Wildman–Crippen MR) is 73.7 cm³/mol. The third-order valence-corrected chi connectivity index (χ3v) is 3.38. The second-order valence-corrected chi connectivity index (χ2v) is 4.82. The number of nitrogens with one attached hydrogen (secondary N) is 2. The summed E-state index contributed by atoms with van der Waals surface area (Å²) in [6.45, 7) is 0. The number of hydrogen-bond donors (Lipinski definition) is 3. The second-order valence-electron chi connectivity index (χ2n) is 4.82. The molecule has 104 valence electrons. The normalized spacial score (nSPS) is 15.8. The molecule has 0 heterocycles. The lowest BCUT2D eigenvalue weighted by molar-refractivity contribution is 0.244. The van der Waals surface area contributed by atoms with E-state index < -0.39 is 0 Å². The number of anilines is 1. The summed E-state index contributed by atoms with van der Waals surface area (Å²) >= 11 is 0. The molecule has 3 N–H and O–H groups in total. The van der Waals surface area contributed by atoms with Gasteiger partial charge in [-0.15, -0.1) is 0 Å². The summed E-state index contributed by atoms with van der Waals surface area (Å²) in [7, 11) is 1.48. The van der Waals surface area contributed by atoms with Gasteiger partial charge in [0.05, 0.1) is 7.11 Å². The fourth-order valence-corrected chi connectivity index (χ4v) is 2.37. The van der Waals surface area contributed by atoms with Gasteiger partial charge in [0.15, 0.2) is 11.5 Å².